The third kappa shape index (κ3) is 4.54. The summed E-state index contributed by atoms with van der Waals surface area (Å²) in [7, 11) is -3.52. The van der Waals surface area contributed by atoms with Crippen LogP contribution in [0.2, 0.25) is 0 Å². The molecule has 0 aliphatic heterocycles. The van der Waals surface area contributed by atoms with Crippen molar-refractivity contribution in [1.82, 2.24) is 9.71 Å². The molecule has 112 valence electrons. The number of hydrogen-bond acceptors (Lipinski definition) is 4. The van der Waals surface area contributed by atoms with Crippen LogP contribution in [0, 0.1) is 0 Å². The first-order valence-electron chi connectivity index (χ1n) is 6.84. The molecule has 0 amide bonds. The van der Waals surface area contributed by atoms with Crippen LogP contribution in [-0.2, 0) is 16.4 Å². The van der Waals surface area contributed by atoms with Gasteiger partial charge in [0.15, 0.2) is 0 Å². The molecule has 1 aromatic carbocycles. The second kappa shape index (κ2) is 7.19. The van der Waals surface area contributed by atoms with Gasteiger partial charge in [0.2, 0.25) is 10.0 Å². The number of aromatic nitrogens is 1. The third-order valence-electron chi connectivity index (χ3n) is 2.95. The lowest BCUT2D eigenvalue weighted by atomic mass is 10.2. The molecule has 0 fully saturated rings. The van der Waals surface area contributed by atoms with Gasteiger partial charge in [0.25, 0.3) is 0 Å². The predicted octanol–water partition coefficient (Wildman–Crippen LogP) is 2.03. The number of pyridine rings is 1. The van der Waals surface area contributed by atoms with Gasteiger partial charge in [0.05, 0.1) is 11.9 Å². The highest BCUT2D eigenvalue weighted by atomic mass is 32.2. The Morgan fingerprint density at radius 2 is 1.90 bits per heavy atom. The largest absolute Gasteiger partial charge is 0.384 e. The molecule has 21 heavy (non-hydrogen) atoms. The minimum Gasteiger partial charge on any atom is -0.384 e. The molecule has 0 aliphatic rings. The molecule has 0 bridgehead atoms. The fourth-order valence-electron chi connectivity index (χ4n) is 1.92. The molecule has 6 heteroatoms. The highest BCUT2D eigenvalue weighted by Crippen LogP contribution is 2.13. The van der Waals surface area contributed by atoms with Crippen molar-refractivity contribution in [2.45, 2.75) is 18.2 Å². The summed E-state index contributed by atoms with van der Waals surface area (Å²) in [6, 6.07) is 11.3. The molecule has 2 N–H and O–H groups in total. The minimum absolute atomic E-state index is 0.175. The SMILES string of the molecule is CCNc1cncc(S(=O)(=O)NCCc2ccccc2)c1. The van der Waals surface area contributed by atoms with Crippen LogP contribution < -0.4 is 10.0 Å². The molecule has 0 aliphatic carbocycles. The van der Waals surface area contributed by atoms with Crippen molar-refractivity contribution in [2.24, 2.45) is 0 Å². The fourth-order valence-corrected chi connectivity index (χ4v) is 2.94. The summed E-state index contributed by atoms with van der Waals surface area (Å²) in [6.45, 7) is 3.02. The van der Waals surface area contributed by atoms with Gasteiger partial charge in [0.1, 0.15) is 4.90 Å². The van der Waals surface area contributed by atoms with E-state index in [0.717, 1.165) is 5.56 Å². The van der Waals surface area contributed by atoms with Gasteiger partial charge >= 0.3 is 0 Å². The number of anilines is 1. The number of nitrogens with one attached hydrogen (secondary N) is 2. The summed E-state index contributed by atoms with van der Waals surface area (Å²) in [5, 5.41) is 3.05. The average Bonchev–Trinajstić information content (AvgIpc) is 2.49. The lowest BCUT2D eigenvalue weighted by Gasteiger charge is -2.08. The van der Waals surface area contributed by atoms with Crippen LogP contribution >= 0.6 is 0 Å². The van der Waals surface area contributed by atoms with Gasteiger partial charge in [-0.3, -0.25) is 4.98 Å². The first-order valence-corrected chi connectivity index (χ1v) is 8.32. The maximum Gasteiger partial charge on any atom is 0.242 e. The lowest BCUT2D eigenvalue weighted by Crippen LogP contribution is -2.26. The van der Waals surface area contributed by atoms with Crippen molar-refractivity contribution < 1.29 is 8.42 Å². The van der Waals surface area contributed by atoms with Crippen molar-refractivity contribution in [2.75, 3.05) is 18.4 Å². The van der Waals surface area contributed by atoms with Gasteiger partial charge in [-0.05, 0) is 25.0 Å². The Morgan fingerprint density at radius 1 is 1.14 bits per heavy atom. The summed E-state index contributed by atoms with van der Waals surface area (Å²) >= 11 is 0. The number of hydrogen-bond donors (Lipinski definition) is 2. The summed E-state index contributed by atoms with van der Waals surface area (Å²) in [6.07, 6.45) is 3.61. The fraction of sp³-hybridized carbons (Fsp3) is 0.267. The van der Waals surface area contributed by atoms with Crippen molar-refractivity contribution in [3.05, 3.63) is 54.4 Å². The van der Waals surface area contributed by atoms with E-state index in [1.807, 2.05) is 37.3 Å². The number of sulfonamides is 1. The third-order valence-corrected chi connectivity index (χ3v) is 4.38. The van der Waals surface area contributed by atoms with Crippen molar-refractivity contribution in [3.8, 4) is 0 Å². The Balaban J connectivity index is 1.99. The number of rotatable bonds is 7. The number of benzene rings is 1. The molecule has 2 aromatic rings. The molecule has 0 atom stereocenters. The van der Waals surface area contributed by atoms with Crippen LogP contribution in [0.4, 0.5) is 5.69 Å². The molecular weight excluding hydrogens is 286 g/mol. The Labute approximate surface area is 125 Å². The molecule has 1 heterocycles. The van der Waals surface area contributed by atoms with E-state index >= 15 is 0 Å². The highest BCUT2D eigenvalue weighted by Gasteiger charge is 2.14. The van der Waals surface area contributed by atoms with E-state index in [0.29, 0.717) is 25.2 Å². The van der Waals surface area contributed by atoms with Crippen molar-refractivity contribution >= 4 is 15.7 Å². The standard InChI is InChI=1S/C15H19N3O2S/c1-2-17-14-10-15(12-16-11-14)21(19,20)18-9-8-13-6-4-3-5-7-13/h3-7,10-12,17-18H,2,8-9H2,1H3. The molecule has 0 saturated heterocycles. The Morgan fingerprint density at radius 3 is 2.62 bits per heavy atom. The van der Waals surface area contributed by atoms with E-state index < -0.39 is 10.0 Å². The van der Waals surface area contributed by atoms with Crippen LogP contribution in [0.1, 0.15) is 12.5 Å². The van der Waals surface area contributed by atoms with E-state index in [-0.39, 0.29) is 4.90 Å². The maximum atomic E-state index is 12.2. The van der Waals surface area contributed by atoms with Crippen molar-refractivity contribution in [3.63, 3.8) is 0 Å². The van der Waals surface area contributed by atoms with Gasteiger partial charge < -0.3 is 5.32 Å². The van der Waals surface area contributed by atoms with Gasteiger partial charge in [-0.25, -0.2) is 13.1 Å². The molecule has 0 spiro atoms. The minimum atomic E-state index is -3.52. The normalized spacial score (nSPS) is 11.3. The molecule has 5 nitrogen and oxygen atoms in total. The van der Waals surface area contributed by atoms with Crippen LogP contribution in [0.15, 0.2) is 53.7 Å². The Kier molecular flexibility index (Phi) is 5.30. The lowest BCUT2D eigenvalue weighted by molar-refractivity contribution is 0.581. The average molecular weight is 305 g/mol. The monoisotopic (exact) mass is 305 g/mol. The maximum absolute atomic E-state index is 12.2. The second-order valence-electron chi connectivity index (χ2n) is 4.57. The van der Waals surface area contributed by atoms with Gasteiger partial charge in [-0.2, -0.15) is 0 Å². The van der Waals surface area contributed by atoms with E-state index in [9.17, 15) is 8.42 Å². The summed E-state index contributed by atoms with van der Waals surface area (Å²) in [5.41, 5.74) is 1.79. The quantitative estimate of drug-likeness (QED) is 0.821. The Hall–Kier alpha value is -1.92. The van der Waals surface area contributed by atoms with Gasteiger partial charge in [-0.15, -0.1) is 0 Å². The van der Waals surface area contributed by atoms with Gasteiger partial charge in [-0.1, -0.05) is 30.3 Å². The second-order valence-corrected chi connectivity index (χ2v) is 6.34. The summed E-state index contributed by atoms with van der Waals surface area (Å²) in [4.78, 5) is 4.13. The zero-order chi connectivity index (χ0) is 15.1. The summed E-state index contributed by atoms with van der Waals surface area (Å²) < 4.78 is 27.0. The first-order chi connectivity index (χ1) is 10.1. The molecule has 2 rings (SSSR count). The molecule has 0 unspecified atom stereocenters. The van der Waals surface area contributed by atoms with Crippen LogP contribution in [0.5, 0.6) is 0 Å². The molecule has 0 saturated carbocycles. The molecule has 0 radical (unpaired) electrons. The highest BCUT2D eigenvalue weighted by molar-refractivity contribution is 7.89. The van der Waals surface area contributed by atoms with Crippen LogP contribution in [-0.4, -0.2) is 26.5 Å². The van der Waals surface area contributed by atoms with Crippen molar-refractivity contribution in [1.29, 1.82) is 0 Å². The first kappa shape index (κ1) is 15.5. The van der Waals surface area contributed by atoms with E-state index in [1.54, 1.807) is 12.3 Å². The molecule has 1 aromatic heterocycles. The van der Waals surface area contributed by atoms with E-state index in [1.165, 1.54) is 6.20 Å². The van der Waals surface area contributed by atoms with Crippen LogP contribution in [0.25, 0.3) is 0 Å². The topological polar surface area (TPSA) is 71.1 Å². The number of nitrogens with zero attached hydrogens (tertiary/aromatic N) is 1. The zero-order valence-electron chi connectivity index (χ0n) is 11.9. The Bertz CT molecular complexity index is 672. The van der Waals surface area contributed by atoms with E-state index in [4.69, 9.17) is 0 Å². The smallest absolute Gasteiger partial charge is 0.242 e. The summed E-state index contributed by atoms with van der Waals surface area (Å²) in [5.74, 6) is 0. The molecular formula is C15H19N3O2S. The zero-order valence-corrected chi connectivity index (χ0v) is 12.7. The van der Waals surface area contributed by atoms with E-state index in [2.05, 4.69) is 15.0 Å². The predicted molar refractivity (Wildman–Crippen MR) is 83.7 cm³/mol. The van der Waals surface area contributed by atoms with Gasteiger partial charge in [0, 0.05) is 19.3 Å². The van der Waals surface area contributed by atoms with Crippen LogP contribution in [0.3, 0.4) is 0 Å².